The summed E-state index contributed by atoms with van der Waals surface area (Å²) in [7, 11) is -9.05. The molecule has 0 aliphatic carbocycles. The van der Waals surface area contributed by atoms with Crippen LogP contribution in [-0.2, 0) is 20.2 Å². The Labute approximate surface area is 275 Å². The Morgan fingerprint density at radius 3 is 1.15 bits per heavy atom. The van der Waals surface area contributed by atoms with Gasteiger partial charge in [-0.3, -0.25) is 9.11 Å². The van der Waals surface area contributed by atoms with E-state index >= 15 is 0 Å². The number of benzene rings is 6. The Bertz CT molecular complexity index is 2340. The molecular weight excluding hydrogens is 653 g/mol. The normalized spacial score (nSPS) is 12.6. The van der Waals surface area contributed by atoms with Crippen LogP contribution in [0.15, 0.2) is 139 Å². The second-order valence-corrected chi connectivity index (χ2v) is 13.4. The lowest BCUT2D eigenvalue weighted by Gasteiger charge is -2.09. The van der Waals surface area contributed by atoms with Crippen molar-refractivity contribution in [3.05, 3.63) is 120 Å². The van der Waals surface area contributed by atoms with Gasteiger partial charge in [0.1, 0.15) is 21.2 Å². The zero-order valence-electron chi connectivity index (χ0n) is 24.8. The molecule has 6 rings (SSSR count). The lowest BCUT2D eigenvalue weighted by atomic mass is 10.1. The first-order chi connectivity index (χ1) is 22.9. The molecule has 0 spiro atoms. The second kappa shape index (κ2) is 12.8. The lowest BCUT2D eigenvalue weighted by molar-refractivity contribution is 0.482. The molecule has 0 fully saturated rings. The number of rotatable bonds is 8. The molecule has 0 unspecified atom stereocenters. The summed E-state index contributed by atoms with van der Waals surface area (Å²) in [6, 6.07) is 29.7. The summed E-state index contributed by atoms with van der Waals surface area (Å²) in [4.78, 5) is -0.608. The molecule has 0 aliphatic rings. The molecule has 0 bridgehead atoms. The van der Waals surface area contributed by atoms with Crippen LogP contribution in [0.25, 0.3) is 33.7 Å². The lowest BCUT2D eigenvalue weighted by Crippen LogP contribution is -2.01. The highest BCUT2D eigenvalue weighted by molar-refractivity contribution is 7.86. The quantitative estimate of drug-likeness (QED) is 0.0528. The molecule has 0 saturated heterocycles. The van der Waals surface area contributed by atoms with Crippen molar-refractivity contribution in [1.82, 2.24) is 0 Å². The minimum atomic E-state index is -4.52. The summed E-state index contributed by atoms with van der Waals surface area (Å²) in [5, 5.41) is 18.1. The molecule has 48 heavy (non-hydrogen) atoms. The predicted molar refractivity (Wildman–Crippen MR) is 187 cm³/mol. The van der Waals surface area contributed by atoms with E-state index in [0.29, 0.717) is 22.1 Å². The van der Waals surface area contributed by atoms with E-state index in [0.717, 1.165) is 11.1 Å². The van der Waals surface area contributed by atoms with Gasteiger partial charge in [0.2, 0.25) is 0 Å². The molecule has 0 aromatic heterocycles. The largest absolute Gasteiger partial charge is 0.396 e. The summed E-state index contributed by atoms with van der Waals surface area (Å²) in [6.07, 6.45) is 3.79. The van der Waals surface area contributed by atoms with Gasteiger partial charge in [0.25, 0.3) is 20.2 Å². The number of nitrogens with two attached hydrogens (primary N) is 2. The topological polar surface area (TPSA) is 210 Å². The standard InChI is InChI=1S/C34H26N6O6S2/c35-33-27-7-3-1-5-25(27)31(47(41,42)43)19-29(33)39-37-23-15-11-21(12-16-23)9-10-22-13-17-24(18-14-22)38-40-30-20-32(48(44,45)46)26-6-2-4-8-28(26)34(30)36/h1-20H,35-36H2,(H,41,42,43)(H,44,45,46). The summed E-state index contributed by atoms with van der Waals surface area (Å²) in [5.74, 6) is 0. The molecular formula is C34H26N6O6S2. The van der Waals surface area contributed by atoms with Gasteiger partial charge in [0.15, 0.2) is 0 Å². The molecule has 240 valence electrons. The highest BCUT2D eigenvalue weighted by Crippen LogP contribution is 2.38. The van der Waals surface area contributed by atoms with Crippen molar-refractivity contribution in [2.75, 3.05) is 11.5 Å². The second-order valence-electron chi connectivity index (χ2n) is 10.6. The molecule has 0 heterocycles. The SMILES string of the molecule is Nc1c(N=Nc2ccc(C=Cc3ccc(N=Nc4cc(S(=O)(=O)O)c5ccccc5c4N)cc3)cc2)cc(S(=O)(=O)O)c2ccccc12. The molecule has 0 atom stereocenters. The van der Waals surface area contributed by atoms with Crippen molar-refractivity contribution in [2.24, 2.45) is 20.5 Å². The minimum Gasteiger partial charge on any atom is -0.396 e. The highest BCUT2D eigenvalue weighted by atomic mass is 32.2. The summed E-state index contributed by atoms with van der Waals surface area (Å²) >= 11 is 0. The van der Waals surface area contributed by atoms with E-state index in [4.69, 9.17) is 11.5 Å². The third-order valence-electron chi connectivity index (χ3n) is 7.41. The van der Waals surface area contributed by atoms with Gasteiger partial charge < -0.3 is 11.5 Å². The number of hydrogen-bond donors (Lipinski definition) is 4. The summed E-state index contributed by atoms with van der Waals surface area (Å²) < 4.78 is 67.3. The predicted octanol–water partition coefficient (Wildman–Crippen LogP) is 8.65. The molecule has 0 radical (unpaired) electrons. The number of hydrogen-bond acceptors (Lipinski definition) is 10. The van der Waals surface area contributed by atoms with Gasteiger partial charge in [-0.25, -0.2) is 0 Å². The van der Waals surface area contributed by atoms with Crippen LogP contribution in [0.4, 0.5) is 34.1 Å². The Balaban J connectivity index is 1.16. The van der Waals surface area contributed by atoms with E-state index in [1.165, 1.54) is 12.1 Å². The van der Waals surface area contributed by atoms with Crippen LogP contribution in [0, 0.1) is 0 Å². The van der Waals surface area contributed by atoms with Crippen molar-refractivity contribution in [3.8, 4) is 0 Å². The fourth-order valence-corrected chi connectivity index (χ4v) is 6.45. The smallest absolute Gasteiger partial charge is 0.295 e. The minimum absolute atomic E-state index is 0.108. The number of azo groups is 2. The summed E-state index contributed by atoms with van der Waals surface area (Å²) in [6.45, 7) is 0. The third kappa shape index (κ3) is 6.82. The van der Waals surface area contributed by atoms with Gasteiger partial charge in [-0.05, 0) is 47.5 Å². The van der Waals surface area contributed by atoms with Crippen molar-refractivity contribution < 1.29 is 25.9 Å². The fraction of sp³-hybridized carbons (Fsp3) is 0. The molecule has 0 aliphatic heterocycles. The van der Waals surface area contributed by atoms with Crippen LogP contribution < -0.4 is 11.5 Å². The van der Waals surface area contributed by atoms with Gasteiger partial charge in [-0.15, -0.1) is 10.2 Å². The monoisotopic (exact) mass is 678 g/mol. The van der Waals surface area contributed by atoms with Crippen molar-refractivity contribution in [1.29, 1.82) is 0 Å². The molecule has 0 saturated carbocycles. The van der Waals surface area contributed by atoms with Gasteiger partial charge >= 0.3 is 0 Å². The van der Waals surface area contributed by atoms with E-state index in [-0.39, 0.29) is 43.3 Å². The number of nitrogens with zero attached hydrogens (tertiary/aromatic N) is 4. The van der Waals surface area contributed by atoms with E-state index in [1.54, 1.807) is 72.8 Å². The Morgan fingerprint density at radius 1 is 0.479 bits per heavy atom. The van der Waals surface area contributed by atoms with Crippen molar-refractivity contribution in [2.45, 2.75) is 9.79 Å². The van der Waals surface area contributed by atoms with Crippen molar-refractivity contribution >= 4 is 88.1 Å². The molecule has 6 N–H and O–H groups in total. The average Bonchev–Trinajstić information content (AvgIpc) is 3.07. The van der Waals surface area contributed by atoms with Gasteiger partial charge in [0.05, 0.1) is 22.7 Å². The van der Waals surface area contributed by atoms with Crippen LogP contribution in [-0.4, -0.2) is 25.9 Å². The van der Waals surface area contributed by atoms with Crippen LogP contribution >= 0.6 is 0 Å². The first-order valence-corrected chi connectivity index (χ1v) is 17.1. The van der Waals surface area contributed by atoms with Crippen LogP contribution in [0.2, 0.25) is 0 Å². The number of anilines is 2. The molecule has 0 amide bonds. The Kier molecular flexibility index (Phi) is 8.56. The number of nitrogen functional groups attached to an aromatic ring is 2. The highest BCUT2D eigenvalue weighted by Gasteiger charge is 2.19. The van der Waals surface area contributed by atoms with Gasteiger partial charge in [-0.2, -0.15) is 27.1 Å². The Hall–Kier alpha value is -5.80. The molecule has 12 nitrogen and oxygen atoms in total. The average molecular weight is 679 g/mol. The molecule has 6 aromatic carbocycles. The van der Waals surface area contributed by atoms with Crippen LogP contribution in [0.5, 0.6) is 0 Å². The maximum Gasteiger partial charge on any atom is 0.295 e. The maximum atomic E-state index is 12.0. The first-order valence-electron chi connectivity index (χ1n) is 14.2. The van der Waals surface area contributed by atoms with E-state index in [2.05, 4.69) is 20.5 Å². The third-order valence-corrected chi connectivity index (χ3v) is 9.20. The van der Waals surface area contributed by atoms with Gasteiger partial charge in [-0.1, -0.05) is 84.9 Å². The van der Waals surface area contributed by atoms with Crippen molar-refractivity contribution in [3.63, 3.8) is 0 Å². The van der Waals surface area contributed by atoms with E-state index < -0.39 is 20.2 Å². The Morgan fingerprint density at radius 2 is 0.812 bits per heavy atom. The molecule has 14 heteroatoms. The van der Waals surface area contributed by atoms with E-state index in [9.17, 15) is 25.9 Å². The molecule has 6 aromatic rings. The number of fused-ring (bicyclic) bond motifs is 2. The van der Waals surface area contributed by atoms with Crippen LogP contribution in [0.1, 0.15) is 11.1 Å². The van der Waals surface area contributed by atoms with Crippen LogP contribution in [0.3, 0.4) is 0 Å². The van der Waals surface area contributed by atoms with E-state index in [1.807, 2.05) is 36.4 Å². The zero-order valence-corrected chi connectivity index (χ0v) is 26.5. The first kappa shape index (κ1) is 32.2. The zero-order chi connectivity index (χ0) is 34.1. The fourth-order valence-electron chi connectivity index (χ4n) is 5.01. The summed E-state index contributed by atoms with van der Waals surface area (Å²) in [5.41, 5.74) is 15.9. The van der Waals surface area contributed by atoms with Gasteiger partial charge in [0, 0.05) is 21.5 Å². The maximum absolute atomic E-state index is 12.0.